The number of halogens is 1. The molecule has 0 aliphatic carbocycles. The van der Waals surface area contributed by atoms with Gasteiger partial charge in [-0.2, -0.15) is 11.8 Å². The lowest BCUT2D eigenvalue weighted by atomic mass is 10.2. The lowest BCUT2D eigenvalue weighted by Gasteiger charge is -2.04. The van der Waals surface area contributed by atoms with Crippen LogP contribution in [0.1, 0.15) is 18.8 Å². The van der Waals surface area contributed by atoms with E-state index in [2.05, 4.69) is 0 Å². The number of hydrogen-bond donors (Lipinski definition) is 1. The first-order valence-corrected chi connectivity index (χ1v) is 6.31. The van der Waals surface area contributed by atoms with Crippen molar-refractivity contribution in [2.75, 3.05) is 11.5 Å². The van der Waals surface area contributed by atoms with Gasteiger partial charge in [-0.15, -0.1) is 0 Å². The summed E-state index contributed by atoms with van der Waals surface area (Å²) in [4.78, 5) is 0. The fraction of sp³-hybridized carbons (Fsp3) is 0.333. The van der Waals surface area contributed by atoms with Crippen molar-refractivity contribution in [2.24, 2.45) is 0 Å². The molecule has 0 bridgehead atoms. The Labute approximate surface area is 97.5 Å². The Hall–Kier alpha value is -1.00. The second-order valence-electron chi connectivity index (χ2n) is 3.48. The summed E-state index contributed by atoms with van der Waals surface area (Å²) in [5.74, 6) is 1.55. The third-order valence-corrected chi connectivity index (χ3v) is 3.28. The molecule has 0 aliphatic rings. The Morgan fingerprint density at radius 1 is 1.50 bits per heavy atom. The first-order valence-electron chi connectivity index (χ1n) is 5.16. The van der Waals surface area contributed by atoms with Gasteiger partial charge in [-0.3, -0.25) is 0 Å². The van der Waals surface area contributed by atoms with Gasteiger partial charge in [0.15, 0.2) is 11.4 Å². The molecule has 0 saturated heterocycles. The van der Waals surface area contributed by atoms with Crippen LogP contribution in [0.4, 0.5) is 4.39 Å². The van der Waals surface area contributed by atoms with Crippen LogP contribution < -0.4 is 0 Å². The van der Waals surface area contributed by atoms with Gasteiger partial charge in [0.2, 0.25) is 0 Å². The maximum atomic E-state index is 13.3. The molecule has 1 atom stereocenters. The normalized spacial score (nSPS) is 13.2. The zero-order chi connectivity index (χ0) is 11.5. The molecular weight excluding hydrogens is 227 g/mol. The van der Waals surface area contributed by atoms with Crippen molar-refractivity contribution in [1.29, 1.82) is 0 Å². The Balaban J connectivity index is 2.29. The van der Waals surface area contributed by atoms with Crippen molar-refractivity contribution in [3.05, 3.63) is 35.8 Å². The molecule has 1 aromatic carbocycles. The number of rotatable bonds is 4. The summed E-state index contributed by atoms with van der Waals surface area (Å²) < 4.78 is 18.7. The lowest BCUT2D eigenvalue weighted by Crippen LogP contribution is -1.98. The number of fused-ring (bicyclic) bond motifs is 1. The van der Waals surface area contributed by atoms with Crippen LogP contribution in [0.25, 0.3) is 11.0 Å². The minimum absolute atomic E-state index is 0.220. The zero-order valence-electron chi connectivity index (χ0n) is 8.94. The number of aliphatic hydroxyl groups is 1. The Morgan fingerprint density at radius 2 is 2.31 bits per heavy atom. The predicted octanol–water partition coefficient (Wildman–Crippen LogP) is 3.36. The minimum Gasteiger partial charge on any atom is -0.455 e. The summed E-state index contributed by atoms with van der Waals surface area (Å²) in [7, 11) is 0. The highest BCUT2D eigenvalue weighted by atomic mass is 32.2. The van der Waals surface area contributed by atoms with Crippen LogP contribution >= 0.6 is 11.8 Å². The molecule has 0 fully saturated rings. The molecule has 0 saturated carbocycles. The van der Waals surface area contributed by atoms with Crippen LogP contribution in [0.15, 0.2) is 28.7 Å². The van der Waals surface area contributed by atoms with Gasteiger partial charge in [0.1, 0.15) is 11.9 Å². The summed E-state index contributed by atoms with van der Waals surface area (Å²) in [5.41, 5.74) is 0.220. The van der Waals surface area contributed by atoms with Gasteiger partial charge in [-0.1, -0.05) is 19.1 Å². The molecule has 1 aromatic heterocycles. The average molecular weight is 240 g/mol. The quantitative estimate of drug-likeness (QED) is 0.889. The Kier molecular flexibility index (Phi) is 3.51. The van der Waals surface area contributed by atoms with Crippen molar-refractivity contribution in [3.63, 3.8) is 0 Å². The average Bonchev–Trinajstić information content (AvgIpc) is 2.71. The molecule has 0 radical (unpaired) electrons. The summed E-state index contributed by atoms with van der Waals surface area (Å²) in [5, 5.41) is 10.5. The molecule has 2 aromatic rings. The third kappa shape index (κ3) is 2.23. The van der Waals surface area contributed by atoms with E-state index in [0.717, 1.165) is 5.75 Å². The van der Waals surface area contributed by atoms with Gasteiger partial charge in [-0.25, -0.2) is 4.39 Å². The van der Waals surface area contributed by atoms with Crippen LogP contribution in [0.5, 0.6) is 0 Å². The standard InChI is InChI=1S/C12H13FO2S/c1-2-16-7-10(14)11-6-8-4-3-5-9(13)12(8)15-11/h3-6,10,14H,2,7H2,1H3. The van der Waals surface area contributed by atoms with E-state index < -0.39 is 6.10 Å². The van der Waals surface area contributed by atoms with Crippen LogP contribution in [0.3, 0.4) is 0 Å². The monoisotopic (exact) mass is 240 g/mol. The van der Waals surface area contributed by atoms with Crippen molar-refractivity contribution < 1.29 is 13.9 Å². The fourth-order valence-corrected chi connectivity index (χ4v) is 2.15. The van der Waals surface area contributed by atoms with Gasteiger partial charge >= 0.3 is 0 Å². The third-order valence-electron chi connectivity index (χ3n) is 2.32. The Morgan fingerprint density at radius 3 is 3.00 bits per heavy atom. The molecule has 1 N–H and O–H groups in total. The number of para-hydroxylation sites is 1. The molecule has 2 rings (SSSR count). The molecule has 4 heteroatoms. The van der Waals surface area contributed by atoms with E-state index in [-0.39, 0.29) is 11.4 Å². The second-order valence-corrected chi connectivity index (χ2v) is 4.80. The number of furan rings is 1. The summed E-state index contributed by atoms with van der Waals surface area (Å²) in [6, 6.07) is 6.44. The second kappa shape index (κ2) is 4.89. The van der Waals surface area contributed by atoms with E-state index >= 15 is 0 Å². The van der Waals surface area contributed by atoms with Crippen molar-refractivity contribution in [3.8, 4) is 0 Å². The van der Waals surface area contributed by atoms with E-state index in [9.17, 15) is 9.50 Å². The SMILES string of the molecule is CCSCC(O)c1cc2cccc(F)c2o1. The van der Waals surface area contributed by atoms with E-state index in [0.29, 0.717) is 16.9 Å². The van der Waals surface area contributed by atoms with E-state index in [4.69, 9.17) is 4.42 Å². The van der Waals surface area contributed by atoms with Gasteiger partial charge < -0.3 is 9.52 Å². The molecular formula is C12H13FO2S. The van der Waals surface area contributed by atoms with E-state index in [1.54, 1.807) is 30.0 Å². The highest BCUT2D eigenvalue weighted by Gasteiger charge is 2.14. The van der Waals surface area contributed by atoms with Gasteiger partial charge in [0.05, 0.1) is 0 Å². The number of hydrogen-bond acceptors (Lipinski definition) is 3. The number of benzene rings is 1. The van der Waals surface area contributed by atoms with Gasteiger partial charge in [-0.05, 0) is 17.9 Å². The molecule has 1 heterocycles. The molecule has 0 amide bonds. The maximum absolute atomic E-state index is 13.3. The van der Waals surface area contributed by atoms with Gasteiger partial charge in [0.25, 0.3) is 0 Å². The highest BCUT2D eigenvalue weighted by molar-refractivity contribution is 7.99. The van der Waals surface area contributed by atoms with Crippen molar-refractivity contribution >= 4 is 22.7 Å². The Bertz CT molecular complexity index is 481. The zero-order valence-corrected chi connectivity index (χ0v) is 9.76. The first kappa shape index (κ1) is 11.5. The van der Waals surface area contributed by atoms with Crippen LogP contribution in [-0.4, -0.2) is 16.6 Å². The minimum atomic E-state index is -0.670. The van der Waals surface area contributed by atoms with Crippen LogP contribution in [0, 0.1) is 5.82 Å². The molecule has 2 nitrogen and oxygen atoms in total. The van der Waals surface area contributed by atoms with Crippen LogP contribution in [-0.2, 0) is 0 Å². The van der Waals surface area contributed by atoms with E-state index in [1.165, 1.54) is 6.07 Å². The predicted molar refractivity (Wildman–Crippen MR) is 64.1 cm³/mol. The van der Waals surface area contributed by atoms with Crippen molar-refractivity contribution in [1.82, 2.24) is 0 Å². The topological polar surface area (TPSA) is 33.4 Å². The van der Waals surface area contributed by atoms with Crippen LogP contribution in [0.2, 0.25) is 0 Å². The fourth-order valence-electron chi connectivity index (χ4n) is 1.52. The molecule has 0 aliphatic heterocycles. The number of thioether (sulfide) groups is 1. The largest absolute Gasteiger partial charge is 0.455 e. The van der Waals surface area contributed by atoms with Crippen molar-refractivity contribution in [2.45, 2.75) is 13.0 Å². The molecule has 0 spiro atoms. The molecule has 86 valence electrons. The molecule has 1 unspecified atom stereocenters. The van der Waals surface area contributed by atoms with E-state index in [1.807, 2.05) is 6.92 Å². The summed E-state index contributed by atoms with van der Waals surface area (Å²) >= 11 is 1.62. The number of aliphatic hydroxyl groups excluding tert-OH is 1. The first-order chi connectivity index (χ1) is 7.72. The smallest absolute Gasteiger partial charge is 0.170 e. The highest BCUT2D eigenvalue weighted by Crippen LogP contribution is 2.27. The molecule has 16 heavy (non-hydrogen) atoms. The summed E-state index contributed by atoms with van der Waals surface area (Å²) in [6.07, 6.45) is -0.670. The lowest BCUT2D eigenvalue weighted by molar-refractivity contribution is 0.176. The summed E-state index contributed by atoms with van der Waals surface area (Å²) in [6.45, 7) is 2.02. The maximum Gasteiger partial charge on any atom is 0.170 e. The van der Waals surface area contributed by atoms with Gasteiger partial charge in [0, 0.05) is 11.1 Å².